The summed E-state index contributed by atoms with van der Waals surface area (Å²) < 4.78 is 0. The van der Waals surface area contributed by atoms with Crippen molar-refractivity contribution in [1.29, 1.82) is 0 Å². The molecule has 0 radical (unpaired) electrons. The third-order valence-corrected chi connectivity index (χ3v) is 6.37. The Morgan fingerprint density at radius 1 is 1.08 bits per heavy atom. The van der Waals surface area contributed by atoms with E-state index in [0.717, 1.165) is 17.5 Å². The van der Waals surface area contributed by atoms with Gasteiger partial charge >= 0.3 is 0 Å². The van der Waals surface area contributed by atoms with E-state index in [2.05, 4.69) is 27.7 Å². The molecular formula is C11H23P. The van der Waals surface area contributed by atoms with Gasteiger partial charge in [-0.05, 0) is 42.7 Å². The standard InChI is InChI=1S/C11H23P/c1-9(2)8-11(10(3)4)12-6-5-7-12/h9-11H,5-8H2,1-4H3. The molecule has 0 spiro atoms. The van der Waals surface area contributed by atoms with Crippen molar-refractivity contribution in [3.05, 3.63) is 0 Å². The fourth-order valence-electron chi connectivity index (χ4n) is 2.00. The van der Waals surface area contributed by atoms with Crippen molar-refractivity contribution in [3.63, 3.8) is 0 Å². The second kappa shape index (κ2) is 4.61. The molecule has 12 heavy (non-hydrogen) atoms. The number of hydrogen-bond acceptors (Lipinski definition) is 0. The highest BCUT2D eigenvalue weighted by Gasteiger charge is 2.28. The lowest BCUT2D eigenvalue weighted by molar-refractivity contribution is 0.480. The van der Waals surface area contributed by atoms with E-state index in [1.165, 1.54) is 12.8 Å². The molecule has 0 nitrogen and oxygen atoms in total. The summed E-state index contributed by atoms with van der Waals surface area (Å²) in [5.41, 5.74) is 1.08. The Morgan fingerprint density at radius 3 is 1.92 bits per heavy atom. The lowest BCUT2D eigenvalue weighted by Gasteiger charge is -2.38. The summed E-state index contributed by atoms with van der Waals surface area (Å²) >= 11 is 0. The third kappa shape index (κ3) is 2.73. The van der Waals surface area contributed by atoms with Crippen LogP contribution in [0.2, 0.25) is 0 Å². The number of rotatable bonds is 4. The Hall–Kier alpha value is 0.430. The summed E-state index contributed by atoms with van der Waals surface area (Å²) in [7, 11) is 0.467. The molecule has 0 aromatic rings. The first-order valence-electron chi connectivity index (χ1n) is 5.35. The van der Waals surface area contributed by atoms with Gasteiger partial charge in [0.15, 0.2) is 0 Å². The zero-order valence-corrected chi connectivity index (χ0v) is 9.90. The van der Waals surface area contributed by atoms with Gasteiger partial charge in [-0.25, -0.2) is 0 Å². The van der Waals surface area contributed by atoms with Crippen molar-refractivity contribution in [2.24, 2.45) is 11.8 Å². The molecule has 0 aromatic heterocycles. The lowest BCUT2D eigenvalue weighted by Crippen LogP contribution is -2.23. The quantitative estimate of drug-likeness (QED) is 0.583. The van der Waals surface area contributed by atoms with Crippen LogP contribution in [-0.2, 0) is 0 Å². The summed E-state index contributed by atoms with van der Waals surface area (Å²) in [6.45, 7) is 9.55. The normalized spacial score (nSPS) is 21.5. The molecule has 1 heterocycles. The van der Waals surface area contributed by atoms with Gasteiger partial charge in [0.25, 0.3) is 0 Å². The predicted octanol–water partition coefficient (Wildman–Crippen LogP) is 3.94. The van der Waals surface area contributed by atoms with Gasteiger partial charge in [-0.15, -0.1) is 7.92 Å². The van der Waals surface area contributed by atoms with Gasteiger partial charge in [-0.2, -0.15) is 0 Å². The van der Waals surface area contributed by atoms with Crippen LogP contribution in [0.4, 0.5) is 0 Å². The van der Waals surface area contributed by atoms with Gasteiger partial charge < -0.3 is 0 Å². The predicted molar refractivity (Wildman–Crippen MR) is 59.4 cm³/mol. The second-order valence-electron chi connectivity index (χ2n) is 4.83. The summed E-state index contributed by atoms with van der Waals surface area (Å²) in [4.78, 5) is 0. The van der Waals surface area contributed by atoms with E-state index in [4.69, 9.17) is 0 Å². The van der Waals surface area contributed by atoms with Gasteiger partial charge in [0.05, 0.1) is 0 Å². The zero-order valence-electron chi connectivity index (χ0n) is 9.01. The summed E-state index contributed by atoms with van der Waals surface area (Å²) in [5.74, 6) is 1.83. The van der Waals surface area contributed by atoms with Crippen molar-refractivity contribution < 1.29 is 0 Å². The zero-order chi connectivity index (χ0) is 9.14. The Morgan fingerprint density at radius 2 is 1.67 bits per heavy atom. The molecule has 1 aliphatic rings. The van der Waals surface area contributed by atoms with Crippen LogP contribution in [0.1, 0.15) is 40.5 Å². The SMILES string of the molecule is CC(C)CC(C(C)C)P1CCC1. The van der Waals surface area contributed by atoms with E-state index in [9.17, 15) is 0 Å². The Bertz CT molecular complexity index is 125. The molecule has 1 fully saturated rings. The van der Waals surface area contributed by atoms with E-state index >= 15 is 0 Å². The van der Waals surface area contributed by atoms with E-state index in [1.807, 2.05) is 0 Å². The van der Waals surface area contributed by atoms with Gasteiger partial charge in [0.1, 0.15) is 0 Å². The van der Waals surface area contributed by atoms with Crippen LogP contribution in [0.3, 0.4) is 0 Å². The van der Waals surface area contributed by atoms with E-state index < -0.39 is 0 Å². The largest absolute Gasteiger partial charge is 0.103 e. The van der Waals surface area contributed by atoms with Crippen LogP contribution >= 0.6 is 7.92 Å². The molecule has 72 valence electrons. The third-order valence-electron chi connectivity index (χ3n) is 2.84. The highest BCUT2D eigenvalue weighted by Crippen LogP contribution is 2.54. The minimum atomic E-state index is 0.467. The van der Waals surface area contributed by atoms with Crippen molar-refractivity contribution in [1.82, 2.24) is 0 Å². The van der Waals surface area contributed by atoms with Crippen LogP contribution < -0.4 is 0 Å². The van der Waals surface area contributed by atoms with Crippen LogP contribution in [0.5, 0.6) is 0 Å². The van der Waals surface area contributed by atoms with Crippen molar-refractivity contribution in [2.75, 3.05) is 12.3 Å². The molecule has 0 amide bonds. The molecular weight excluding hydrogens is 163 g/mol. The van der Waals surface area contributed by atoms with Crippen molar-refractivity contribution >= 4 is 7.92 Å². The fraction of sp³-hybridized carbons (Fsp3) is 1.00. The smallest absolute Gasteiger partial charge is 0.0184 e. The van der Waals surface area contributed by atoms with Crippen molar-refractivity contribution in [3.8, 4) is 0 Å². The molecule has 0 bridgehead atoms. The maximum Gasteiger partial charge on any atom is -0.0184 e. The average Bonchev–Trinajstić information content (AvgIpc) is 1.80. The minimum Gasteiger partial charge on any atom is -0.103 e. The molecule has 1 heteroatoms. The van der Waals surface area contributed by atoms with Gasteiger partial charge in [0, 0.05) is 0 Å². The molecule has 0 saturated carbocycles. The summed E-state index contributed by atoms with van der Waals surface area (Å²) in [6, 6.07) is 0. The summed E-state index contributed by atoms with van der Waals surface area (Å²) in [6.07, 6.45) is 6.15. The van der Waals surface area contributed by atoms with E-state index in [1.54, 1.807) is 12.3 Å². The maximum atomic E-state index is 2.41. The molecule has 1 atom stereocenters. The number of hydrogen-bond donors (Lipinski definition) is 0. The first kappa shape index (κ1) is 10.5. The Balaban J connectivity index is 2.37. The molecule has 0 aromatic carbocycles. The van der Waals surface area contributed by atoms with Gasteiger partial charge in [-0.3, -0.25) is 0 Å². The highest BCUT2D eigenvalue weighted by atomic mass is 31.1. The van der Waals surface area contributed by atoms with E-state index in [0.29, 0.717) is 7.92 Å². The van der Waals surface area contributed by atoms with Crippen LogP contribution in [0.25, 0.3) is 0 Å². The topological polar surface area (TPSA) is 0 Å². The van der Waals surface area contributed by atoms with Gasteiger partial charge in [0.2, 0.25) is 0 Å². The molecule has 0 N–H and O–H groups in total. The Kier molecular flexibility index (Phi) is 4.03. The monoisotopic (exact) mass is 186 g/mol. The highest BCUT2D eigenvalue weighted by molar-refractivity contribution is 7.60. The first-order chi connectivity index (χ1) is 5.61. The second-order valence-corrected chi connectivity index (χ2v) is 7.57. The Labute approximate surface area is 78.9 Å². The maximum absolute atomic E-state index is 2.41. The average molecular weight is 186 g/mol. The minimum absolute atomic E-state index is 0.467. The van der Waals surface area contributed by atoms with Crippen LogP contribution in [0.15, 0.2) is 0 Å². The molecule has 1 aliphatic heterocycles. The first-order valence-corrected chi connectivity index (χ1v) is 7.13. The van der Waals surface area contributed by atoms with Crippen LogP contribution in [0, 0.1) is 11.8 Å². The van der Waals surface area contributed by atoms with Crippen molar-refractivity contribution in [2.45, 2.75) is 46.2 Å². The molecule has 1 unspecified atom stereocenters. The lowest BCUT2D eigenvalue weighted by atomic mass is 10.0. The fourth-order valence-corrected chi connectivity index (χ4v) is 4.91. The summed E-state index contributed by atoms with van der Waals surface area (Å²) in [5, 5.41) is 0. The molecule has 0 aliphatic carbocycles. The van der Waals surface area contributed by atoms with Gasteiger partial charge in [-0.1, -0.05) is 27.7 Å². The molecule has 1 rings (SSSR count). The van der Waals surface area contributed by atoms with Crippen LogP contribution in [-0.4, -0.2) is 18.0 Å². The molecule has 1 saturated heterocycles. The van der Waals surface area contributed by atoms with E-state index in [-0.39, 0.29) is 0 Å².